The highest BCUT2D eigenvalue weighted by atomic mass is 32.2. The molecule has 32 heavy (non-hydrogen) atoms. The van der Waals surface area contributed by atoms with Crippen molar-refractivity contribution in [2.24, 2.45) is 17.3 Å². The molecule has 4 unspecified atom stereocenters. The smallest absolute Gasteiger partial charge is 0.312 e. The molecule has 0 spiro atoms. The lowest BCUT2D eigenvalue weighted by Crippen LogP contribution is -2.50. The molecule has 1 aromatic rings. The molecular weight excluding hydrogens is 444 g/mol. The number of nitro benzene ring substituents is 1. The molecule has 3 aliphatic rings. The van der Waals surface area contributed by atoms with Gasteiger partial charge < -0.3 is 13.8 Å². The molecule has 0 amide bonds. The summed E-state index contributed by atoms with van der Waals surface area (Å²) in [7, 11) is -1.36. The van der Waals surface area contributed by atoms with Gasteiger partial charge in [-0.15, -0.1) is 0 Å². The Kier molecular flexibility index (Phi) is 6.01. The van der Waals surface area contributed by atoms with Gasteiger partial charge >= 0.3 is 5.69 Å². The first kappa shape index (κ1) is 20.1. The van der Waals surface area contributed by atoms with Crippen LogP contribution in [0.4, 0.5) is 5.69 Å². The summed E-state index contributed by atoms with van der Waals surface area (Å²) in [4.78, 5) is 11.4. The lowest BCUT2D eigenvalue weighted by atomic mass is 9.53. The maximum Gasteiger partial charge on any atom is 0.312 e. The largest absolute Gasteiger partial charge is 0.419 e. The summed E-state index contributed by atoms with van der Waals surface area (Å²) in [5.41, 5.74) is 0.795. The minimum atomic E-state index is -1.05. The van der Waals surface area contributed by atoms with Gasteiger partial charge in [0.1, 0.15) is 13.4 Å². The van der Waals surface area contributed by atoms with Gasteiger partial charge in [0.25, 0.3) is 0 Å². The summed E-state index contributed by atoms with van der Waals surface area (Å²) in [6.45, 7) is 2.57. The Balaban J connectivity index is 1.56. The van der Waals surface area contributed by atoms with Crippen molar-refractivity contribution in [1.82, 2.24) is 0 Å². The van der Waals surface area contributed by atoms with Crippen molar-refractivity contribution in [2.45, 2.75) is 63.4 Å². The maximum atomic E-state index is 11.8. The predicted octanol–water partition coefficient (Wildman–Crippen LogP) is 4.00. The first-order chi connectivity index (χ1) is 16.7. The van der Waals surface area contributed by atoms with Crippen LogP contribution in [0.15, 0.2) is 12.1 Å². The van der Waals surface area contributed by atoms with E-state index in [1.165, 1.54) is 0 Å². The molecule has 2 fully saturated rings. The lowest BCUT2D eigenvalue weighted by Gasteiger charge is -2.52. The highest BCUT2D eigenvalue weighted by Crippen LogP contribution is 2.64. The van der Waals surface area contributed by atoms with Gasteiger partial charge in [0.15, 0.2) is 0 Å². The Morgan fingerprint density at radius 2 is 2.41 bits per heavy atom. The van der Waals surface area contributed by atoms with E-state index in [0.717, 1.165) is 55.3 Å². The highest BCUT2D eigenvalue weighted by Gasteiger charge is 2.61. The summed E-state index contributed by atoms with van der Waals surface area (Å²) in [5.74, 6) is 7.30. The van der Waals surface area contributed by atoms with Crippen molar-refractivity contribution in [3.05, 3.63) is 33.4 Å². The van der Waals surface area contributed by atoms with Gasteiger partial charge in [-0.1, -0.05) is 18.8 Å². The number of aryl methyl sites for hydroxylation is 1. The van der Waals surface area contributed by atoms with Crippen molar-refractivity contribution >= 4 is 34.9 Å². The monoisotopic (exact) mass is 480 g/mol. The highest BCUT2D eigenvalue weighted by molar-refractivity contribution is 7.96. The molecule has 0 aliphatic heterocycles. The number of hydrogen-bond donors (Lipinski definition) is 1. The van der Waals surface area contributed by atoms with Crippen molar-refractivity contribution in [3.63, 3.8) is 0 Å². The number of hydrogen-bond acceptors (Lipinski definition) is 6. The standard InChI is InChI=1S/C23H31BNO5PS/c1-22-9-6-16-17(19(22)7-10-23(22,26)8-2-3-11-29-31)5-4-15-12-21(30-32-14-24)20(25(27)28)13-18(15)16/h12-13,16-17,19,26H,3-7,9-11,14,24,31H2,1H3/t16?,17?,19?,22-,23-/m0/s1/i24TD,31T/t16?,17?,19?,22-,23-,31?. The van der Waals surface area contributed by atoms with Crippen LogP contribution in [0.3, 0.4) is 0 Å². The normalized spacial score (nSPS) is 34.3. The summed E-state index contributed by atoms with van der Waals surface area (Å²) < 4.78 is 32.3. The third-order valence-electron chi connectivity index (χ3n) is 7.99. The quantitative estimate of drug-likeness (QED) is 0.115. The zero-order valence-corrected chi connectivity index (χ0v) is 20.1. The Bertz CT molecular complexity index is 1030. The second-order valence-electron chi connectivity index (χ2n) is 9.31. The molecule has 0 heterocycles. The van der Waals surface area contributed by atoms with Crippen LogP contribution in [-0.2, 0) is 10.9 Å². The van der Waals surface area contributed by atoms with Crippen LogP contribution in [-0.4, -0.2) is 39.6 Å². The number of nitrogens with zero attached hydrogens (tertiary/aromatic N) is 1. The molecule has 1 aromatic carbocycles. The minimum absolute atomic E-state index is 0.0685. The van der Waals surface area contributed by atoms with E-state index < -0.39 is 18.3 Å². The van der Waals surface area contributed by atoms with E-state index >= 15 is 0 Å². The Morgan fingerprint density at radius 1 is 1.53 bits per heavy atom. The molecule has 9 heteroatoms. The Morgan fingerprint density at radius 3 is 3.19 bits per heavy atom. The molecule has 6 atom stereocenters. The van der Waals surface area contributed by atoms with Crippen LogP contribution < -0.4 is 4.18 Å². The predicted molar refractivity (Wildman–Crippen MR) is 132 cm³/mol. The third-order valence-corrected chi connectivity index (χ3v) is 8.63. The second kappa shape index (κ2) is 9.54. The van der Waals surface area contributed by atoms with Crippen LogP contribution in [0, 0.1) is 39.2 Å². The van der Waals surface area contributed by atoms with E-state index in [2.05, 4.69) is 18.8 Å². The van der Waals surface area contributed by atoms with Crippen molar-refractivity contribution < 1.29 is 18.7 Å². The number of fused-ring (bicyclic) bond motifs is 5. The summed E-state index contributed by atoms with van der Waals surface area (Å²) >= 11 is 0.905. The van der Waals surface area contributed by atoms with E-state index in [9.17, 15) is 15.2 Å². The van der Waals surface area contributed by atoms with Gasteiger partial charge in [-0.05, 0) is 76.1 Å². The minimum Gasteiger partial charge on any atom is -0.419 e. The fourth-order valence-corrected chi connectivity index (χ4v) is 6.86. The fourth-order valence-electron chi connectivity index (χ4n) is 6.43. The summed E-state index contributed by atoms with van der Waals surface area (Å²) in [6, 6.07) is 3.46. The molecule has 0 radical (unpaired) electrons. The average Bonchev–Trinajstić information content (AvgIpc) is 3.08. The van der Waals surface area contributed by atoms with Crippen LogP contribution in [0.1, 0.15) is 62.5 Å². The van der Waals surface area contributed by atoms with E-state index in [-0.39, 0.29) is 37.8 Å². The SMILES string of the molecule is [2H]B([3H])CSOc1cc2c(cc1[N+](=O)[O-])C1CC[C@@]3(C)C(CC[C@@]3(O)C#CCCOP[3H])C1CC2. The first-order valence-corrected chi connectivity index (χ1v) is 12.5. The zero-order chi connectivity index (χ0) is 25.2. The molecule has 3 aliphatic carbocycles. The summed E-state index contributed by atoms with van der Waals surface area (Å²) in [6.07, 6.45) is 5.46. The Hall–Kier alpha value is -1.26. The molecule has 0 saturated heterocycles. The van der Waals surface area contributed by atoms with E-state index in [0.29, 0.717) is 31.3 Å². The second-order valence-corrected chi connectivity index (χ2v) is 10.3. The van der Waals surface area contributed by atoms with Crippen molar-refractivity contribution in [1.29, 1.82) is 3.95 Å². The number of nitro groups is 1. The van der Waals surface area contributed by atoms with Crippen LogP contribution in [0.2, 0.25) is 0 Å². The van der Waals surface area contributed by atoms with Crippen LogP contribution in [0.25, 0.3) is 0 Å². The average molecular weight is 480 g/mol. The molecule has 1 N–H and O–H groups in total. The molecule has 2 saturated carbocycles. The molecule has 0 aromatic heterocycles. The zero-order valence-electron chi connectivity index (χ0n) is 21.3. The number of rotatable bonds is 8. The van der Waals surface area contributed by atoms with Crippen molar-refractivity contribution in [3.8, 4) is 17.6 Å². The van der Waals surface area contributed by atoms with Gasteiger partial charge in [0.2, 0.25) is 5.75 Å². The molecule has 172 valence electrons. The van der Waals surface area contributed by atoms with Gasteiger partial charge in [0, 0.05) is 45.0 Å². The molecule has 0 bridgehead atoms. The topological polar surface area (TPSA) is 81.8 Å². The van der Waals surface area contributed by atoms with Crippen LogP contribution >= 0.6 is 21.5 Å². The van der Waals surface area contributed by atoms with Crippen molar-refractivity contribution in [2.75, 3.05) is 12.3 Å². The number of aliphatic hydroxyl groups is 1. The van der Waals surface area contributed by atoms with Crippen LogP contribution in [0.5, 0.6) is 5.75 Å². The lowest BCUT2D eigenvalue weighted by molar-refractivity contribution is -0.385. The summed E-state index contributed by atoms with van der Waals surface area (Å²) in [5, 5.41) is 23.4. The van der Waals surface area contributed by atoms with Gasteiger partial charge in [-0.2, -0.15) is 0 Å². The maximum absolute atomic E-state index is 11.8. The van der Waals surface area contributed by atoms with E-state index in [1.54, 1.807) is 12.1 Å². The van der Waals surface area contributed by atoms with Gasteiger partial charge in [0.05, 0.1) is 12.8 Å². The number of benzene rings is 1. The first-order valence-electron chi connectivity index (χ1n) is 12.8. The Labute approximate surface area is 201 Å². The fraction of sp³-hybridized carbons (Fsp3) is 0.652. The van der Waals surface area contributed by atoms with Gasteiger partial charge in [-0.25, -0.2) is 0 Å². The molecule has 6 nitrogen and oxygen atoms in total. The molecule has 4 rings (SSSR count). The third kappa shape index (κ3) is 4.07. The van der Waals surface area contributed by atoms with Gasteiger partial charge in [-0.3, -0.25) is 10.1 Å². The van der Waals surface area contributed by atoms with E-state index in [4.69, 9.17) is 12.7 Å². The molecular formula is C23H31BNO5PS. The van der Waals surface area contributed by atoms with E-state index in [1.807, 2.05) is 0 Å².